The fourth-order valence-corrected chi connectivity index (χ4v) is 3.00. The fourth-order valence-electron chi connectivity index (χ4n) is 3.00. The van der Waals surface area contributed by atoms with Crippen molar-refractivity contribution in [1.29, 1.82) is 0 Å². The first kappa shape index (κ1) is 18.2. The molecule has 1 amide bonds. The smallest absolute Gasteiger partial charge is 0.348 e. The van der Waals surface area contributed by atoms with E-state index in [-0.39, 0.29) is 29.1 Å². The molecule has 1 saturated carbocycles. The van der Waals surface area contributed by atoms with Crippen LogP contribution in [0.15, 0.2) is 36.4 Å². The lowest BCUT2D eigenvalue weighted by atomic mass is 9.95. The summed E-state index contributed by atoms with van der Waals surface area (Å²) in [7, 11) is 0. The first-order valence-corrected chi connectivity index (χ1v) is 8.51. The van der Waals surface area contributed by atoms with Crippen LogP contribution in [0.4, 0.5) is 24.7 Å². The van der Waals surface area contributed by atoms with Crippen molar-refractivity contribution in [2.45, 2.75) is 44.3 Å². The summed E-state index contributed by atoms with van der Waals surface area (Å²) < 4.78 is 39.0. The number of anilines is 2. The molecule has 0 aliphatic heterocycles. The van der Waals surface area contributed by atoms with E-state index in [2.05, 4.69) is 20.8 Å². The number of halogens is 3. The molecule has 1 fully saturated rings. The Balaban J connectivity index is 1.67. The summed E-state index contributed by atoms with van der Waals surface area (Å²) in [5.41, 5.74) is -0.764. The lowest BCUT2D eigenvalue weighted by Crippen LogP contribution is -2.36. The van der Waals surface area contributed by atoms with Crippen molar-refractivity contribution in [3.63, 3.8) is 0 Å². The summed E-state index contributed by atoms with van der Waals surface area (Å²) in [6.07, 6.45) is 0.805. The zero-order valence-electron chi connectivity index (χ0n) is 14.0. The van der Waals surface area contributed by atoms with E-state index >= 15 is 0 Å². The zero-order chi connectivity index (χ0) is 18.6. The Morgan fingerprint density at radius 2 is 1.73 bits per heavy atom. The first-order valence-electron chi connectivity index (χ1n) is 8.51. The van der Waals surface area contributed by atoms with Gasteiger partial charge in [0, 0.05) is 6.04 Å². The molecule has 2 N–H and O–H groups in total. The molecule has 1 aliphatic rings. The number of nitrogens with zero attached hydrogens (tertiary/aromatic N) is 2. The molecule has 0 bridgehead atoms. The number of rotatable bonds is 4. The standard InChI is InChI=1S/C18H19F3N4O/c19-18(20,21)13-8-4-5-9-14(13)23-16-11-10-15(24-25-16)17(26)22-12-6-2-1-3-7-12/h4-5,8-12H,1-3,6-7H2,(H,22,26)(H,23,25). The number of alkyl halides is 3. The van der Waals surface area contributed by atoms with Crippen molar-refractivity contribution in [3.05, 3.63) is 47.7 Å². The molecule has 5 nitrogen and oxygen atoms in total. The van der Waals surface area contributed by atoms with Gasteiger partial charge in [-0.25, -0.2) is 0 Å². The van der Waals surface area contributed by atoms with E-state index in [1.807, 2.05) is 0 Å². The van der Waals surface area contributed by atoms with Gasteiger partial charge >= 0.3 is 6.18 Å². The van der Waals surface area contributed by atoms with E-state index in [9.17, 15) is 18.0 Å². The van der Waals surface area contributed by atoms with Gasteiger partial charge in [0.1, 0.15) is 0 Å². The second-order valence-corrected chi connectivity index (χ2v) is 6.28. The van der Waals surface area contributed by atoms with Crippen molar-refractivity contribution in [2.75, 3.05) is 5.32 Å². The number of carbonyl (C=O) groups excluding carboxylic acids is 1. The Labute approximate surface area is 149 Å². The van der Waals surface area contributed by atoms with Crippen LogP contribution in [-0.4, -0.2) is 22.1 Å². The third-order valence-electron chi connectivity index (χ3n) is 4.33. The minimum Gasteiger partial charge on any atom is -0.348 e. The lowest BCUT2D eigenvalue weighted by Gasteiger charge is -2.22. The van der Waals surface area contributed by atoms with Gasteiger partial charge < -0.3 is 10.6 Å². The second kappa shape index (κ2) is 7.72. The van der Waals surface area contributed by atoms with Gasteiger partial charge in [-0.15, -0.1) is 10.2 Å². The maximum Gasteiger partial charge on any atom is 0.418 e. The third-order valence-corrected chi connectivity index (χ3v) is 4.33. The Morgan fingerprint density at radius 3 is 2.38 bits per heavy atom. The SMILES string of the molecule is O=C(NC1CCCCC1)c1ccc(Nc2ccccc2C(F)(F)F)nn1. The van der Waals surface area contributed by atoms with Crippen molar-refractivity contribution < 1.29 is 18.0 Å². The maximum atomic E-state index is 13.0. The second-order valence-electron chi connectivity index (χ2n) is 6.28. The van der Waals surface area contributed by atoms with E-state index in [0.29, 0.717) is 0 Å². The molecular weight excluding hydrogens is 345 g/mol. The number of aromatic nitrogens is 2. The van der Waals surface area contributed by atoms with Crippen molar-refractivity contribution in [2.24, 2.45) is 0 Å². The minimum atomic E-state index is -4.48. The van der Waals surface area contributed by atoms with Crippen molar-refractivity contribution in [3.8, 4) is 0 Å². The number of para-hydroxylation sites is 1. The van der Waals surface area contributed by atoms with Gasteiger partial charge in [-0.2, -0.15) is 13.2 Å². The largest absolute Gasteiger partial charge is 0.418 e. The Morgan fingerprint density at radius 1 is 1.00 bits per heavy atom. The Hall–Kier alpha value is -2.64. The van der Waals surface area contributed by atoms with Gasteiger partial charge in [0.25, 0.3) is 5.91 Å². The monoisotopic (exact) mass is 364 g/mol. The van der Waals surface area contributed by atoms with Crippen LogP contribution < -0.4 is 10.6 Å². The van der Waals surface area contributed by atoms with E-state index in [1.54, 1.807) is 0 Å². The highest BCUT2D eigenvalue weighted by Crippen LogP contribution is 2.35. The number of carbonyl (C=O) groups is 1. The highest BCUT2D eigenvalue weighted by Gasteiger charge is 2.33. The number of amides is 1. The van der Waals surface area contributed by atoms with Crippen LogP contribution in [0.1, 0.15) is 48.2 Å². The van der Waals surface area contributed by atoms with E-state index in [4.69, 9.17) is 0 Å². The molecule has 3 rings (SSSR count). The van der Waals surface area contributed by atoms with Crippen LogP contribution in [-0.2, 0) is 6.18 Å². The van der Waals surface area contributed by atoms with Gasteiger partial charge in [-0.3, -0.25) is 4.79 Å². The predicted molar refractivity (Wildman–Crippen MR) is 91.1 cm³/mol. The van der Waals surface area contributed by atoms with Gasteiger partial charge in [-0.1, -0.05) is 31.4 Å². The summed E-state index contributed by atoms with van der Waals surface area (Å²) >= 11 is 0. The molecule has 1 aromatic carbocycles. The summed E-state index contributed by atoms with van der Waals surface area (Å²) in [6.45, 7) is 0. The quantitative estimate of drug-likeness (QED) is 0.849. The van der Waals surface area contributed by atoms with Crippen LogP contribution in [0, 0.1) is 0 Å². The normalized spacial score (nSPS) is 15.5. The van der Waals surface area contributed by atoms with E-state index in [1.165, 1.54) is 36.8 Å². The molecule has 0 radical (unpaired) electrons. The molecular formula is C18H19F3N4O. The van der Waals surface area contributed by atoms with Crippen molar-refractivity contribution in [1.82, 2.24) is 15.5 Å². The molecule has 0 unspecified atom stereocenters. The first-order chi connectivity index (χ1) is 12.4. The van der Waals surface area contributed by atoms with Gasteiger partial charge in [0.2, 0.25) is 0 Å². The minimum absolute atomic E-state index is 0.117. The maximum absolute atomic E-state index is 13.0. The molecule has 1 aliphatic carbocycles. The van der Waals surface area contributed by atoms with Crippen LogP contribution in [0.25, 0.3) is 0 Å². The molecule has 26 heavy (non-hydrogen) atoms. The average Bonchev–Trinajstić information content (AvgIpc) is 2.63. The topological polar surface area (TPSA) is 66.9 Å². The Bertz CT molecular complexity index is 756. The summed E-state index contributed by atoms with van der Waals surface area (Å²) in [5.74, 6) is -0.178. The van der Waals surface area contributed by atoms with E-state index < -0.39 is 11.7 Å². The number of hydrogen-bond donors (Lipinski definition) is 2. The molecule has 1 heterocycles. The highest BCUT2D eigenvalue weighted by molar-refractivity contribution is 5.92. The van der Waals surface area contributed by atoms with Gasteiger partial charge in [0.15, 0.2) is 11.5 Å². The van der Waals surface area contributed by atoms with Gasteiger partial charge in [-0.05, 0) is 37.1 Å². The number of hydrogen-bond acceptors (Lipinski definition) is 4. The van der Waals surface area contributed by atoms with E-state index in [0.717, 1.165) is 31.7 Å². The van der Waals surface area contributed by atoms with Crippen LogP contribution in [0.2, 0.25) is 0 Å². The average molecular weight is 364 g/mol. The summed E-state index contributed by atoms with van der Waals surface area (Å²) in [4.78, 5) is 12.2. The predicted octanol–water partition coefficient (Wildman–Crippen LogP) is 4.30. The third kappa shape index (κ3) is 4.50. The van der Waals surface area contributed by atoms with Crippen LogP contribution in [0.3, 0.4) is 0 Å². The number of nitrogens with one attached hydrogen (secondary N) is 2. The lowest BCUT2D eigenvalue weighted by molar-refractivity contribution is -0.136. The molecule has 138 valence electrons. The molecule has 0 saturated heterocycles. The summed E-state index contributed by atoms with van der Waals surface area (Å²) in [6, 6.07) is 8.15. The van der Waals surface area contributed by atoms with Crippen LogP contribution >= 0.6 is 0 Å². The molecule has 8 heteroatoms. The Kier molecular flexibility index (Phi) is 5.39. The van der Waals surface area contributed by atoms with Crippen LogP contribution in [0.5, 0.6) is 0 Å². The fraction of sp³-hybridized carbons (Fsp3) is 0.389. The molecule has 2 aromatic rings. The number of benzene rings is 1. The van der Waals surface area contributed by atoms with Gasteiger partial charge in [0.05, 0.1) is 11.3 Å². The summed E-state index contributed by atoms with van der Waals surface area (Å²) in [5, 5.41) is 13.2. The molecule has 0 atom stereocenters. The zero-order valence-corrected chi connectivity index (χ0v) is 14.0. The molecule has 0 spiro atoms. The van der Waals surface area contributed by atoms with Crippen molar-refractivity contribution >= 4 is 17.4 Å². The highest BCUT2D eigenvalue weighted by atomic mass is 19.4. The molecule has 1 aromatic heterocycles.